The van der Waals surface area contributed by atoms with Crippen LogP contribution in [0.5, 0.6) is 11.5 Å². The first-order valence-corrected chi connectivity index (χ1v) is 7.51. The Labute approximate surface area is 140 Å². The highest BCUT2D eigenvalue weighted by molar-refractivity contribution is 5.91. The van der Waals surface area contributed by atoms with E-state index in [1.165, 1.54) is 0 Å². The molecule has 2 aromatic heterocycles. The number of H-pyrrole nitrogens is 1. The zero-order valence-corrected chi connectivity index (χ0v) is 12.7. The number of nitrogens with zero attached hydrogens (tertiary/aromatic N) is 3. The van der Waals surface area contributed by atoms with Gasteiger partial charge in [-0.1, -0.05) is 23.4 Å². The second kappa shape index (κ2) is 5.17. The predicted octanol–water partition coefficient (Wildman–Crippen LogP) is 2.37. The molecule has 1 N–H and O–H groups in total. The zero-order chi connectivity index (χ0) is 16.8. The van der Waals surface area contributed by atoms with Crippen LogP contribution < -0.4 is 15.0 Å². The number of nitrogens with one attached hydrogen (secondary N) is 1. The van der Waals surface area contributed by atoms with Crippen LogP contribution in [0.2, 0.25) is 0 Å². The van der Waals surface area contributed by atoms with E-state index in [1.807, 2.05) is 12.1 Å². The highest BCUT2D eigenvalue weighted by Gasteiger charge is 2.19. The van der Waals surface area contributed by atoms with E-state index in [1.54, 1.807) is 30.3 Å². The molecular weight excluding hydrogens is 324 g/mol. The maximum Gasteiger partial charge on any atom is 0.279 e. The summed E-state index contributed by atoms with van der Waals surface area (Å²) in [5.41, 5.74) is 0.887. The monoisotopic (exact) mass is 334 g/mol. The van der Waals surface area contributed by atoms with Crippen molar-refractivity contribution >= 4 is 10.8 Å². The molecule has 8 nitrogen and oxygen atoms in total. The molecule has 0 fully saturated rings. The minimum Gasteiger partial charge on any atom is -0.454 e. The third-order valence-corrected chi connectivity index (χ3v) is 3.96. The van der Waals surface area contributed by atoms with Crippen LogP contribution in [-0.4, -0.2) is 27.1 Å². The third-order valence-electron chi connectivity index (χ3n) is 3.96. The van der Waals surface area contributed by atoms with Crippen molar-refractivity contribution in [2.75, 3.05) is 6.79 Å². The summed E-state index contributed by atoms with van der Waals surface area (Å²) in [4.78, 5) is 16.3. The Bertz CT molecular complexity index is 1160. The second-order valence-electron chi connectivity index (χ2n) is 5.44. The summed E-state index contributed by atoms with van der Waals surface area (Å²) in [6.45, 7) is 0.198. The molecule has 8 heteroatoms. The molecule has 2 aromatic carbocycles. The molecular formula is C17H10N4O4. The van der Waals surface area contributed by atoms with E-state index >= 15 is 0 Å². The average Bonchev–Trinajstić information content (AvgIpc) is 3.31. The largest absolute Gasteiger partial charge is 0.454 e. The van der Waals surface area contributed by atoms with Gasteiger partial charge in [0.25, 0.3) is 11.4 Å². The van der Waals surface area contributed by atoms with Crippen LogP contribution in [-0.2, 0) is 0 Å². The van der Waals surface area contributed by atoms with Gasteiger partial charge in [0, 0.05) is 10.9 Å². The number of aromatic nitrogens is 4. The summed E-state index contributed by atoms with van der Waals surface area (Å²) in [5.74, 6) is 1.93. The van der Waals surface area contributed by atoms with E-state index in [9.17, 15) is 4.79 Å². The maximum absolute atomic E-state index is 11.9. The van der Waals surface area contributed by atoms with E-state index in [0.29, 0.717) is 33.8 Å². The maximum atomic E-state index is 11.9. The minimum atomic E-state index is -0.269. The van der Waals surface area contributed by atoms with E-state index in [4.69, 9.17) is 14.0 Å². The first-order valence-electron chi connectivity index (χ1n) is 7.51. The summed E-state index contributed by atoms with van der Waals surface area (Å²) in [5, 5.41) is 11.7. The lowest BCUT2D eigenvalue weighted by Gasteiger charge is -1.99. The quantitative estimate of drug-likeness (QED) is 0.600. The molecule has 122 valence electrons. The topological polar surface area (TPSA) is 103 Å². The van der Waals surface area contributed by atoms with Crippen molar-refractivity contribution in [2.45, 2.75) is 0 Å². The molecule has 1 aliphatic heterocycles. The molecule has 0 spiro atoms. The standard InChI is InChI=1S/C17H10N4O4/c22-16-11-4-2-1-3-10(11)14(19-20-16)17-18-15(21-25-17)9-5-6-12-13(7-9)24-8-23-12/h1-7H,8H2,(H,20,22). The average molecular weight is 334 g/mol. The van der Waals surface area contributed by atoms with Crippen LogP contribution in [0.15, 0.2) is 51.8 Å². The first-order chi connectivity index (χ1) is 12.3. The summed E-state index contributed by atoms with van der Waals surface area (Å²) in [7, 11) is 0. The Balaban J connectivity index is 1.62. The molecule has 0 saturated carbocycles. The van der Waals surface area contributed by atoms with E-state index in [0.717, 1.165) is 5.56 Å². The molecule has 3 heterocycles. The van der Waals surface area contributed by atoms with Gasteiger partial charge in [0.2, 0.25) is 12.6 Å². The zero-order valence-electron chi connectivity index (χ0n) is 12.7. The van der Waals surface area contributed by atoms with Crippen molar-refractivity contribution in [1.82, 2.24) is 20.3 Å². The number of benzene rings is 2. The molecule has 4 aromatic rings. The normalized spacial score (nSPS) is 12.6. The van der Waals surface area contributed by atoms with Crippen molar-refractivity contribution in [1.29, 1.82) is 0 Å². The second-order valence-corrected chi connectivity index (χ2v) is 5.44. The van der Waals surface area contributed by atoms with Gasteiger partial charge in [0.15, 0.2) is 17.2 Å². The number of hydrogen-bond acceptors (Lipinski definition) is 7. The van der Waals surface area contributed by atoms with Crippen LogP contribution >= 0.6 is 0 Å². The SMILES string of the molecule is O=c1[nH]nc(-c2nc(-c3ccc4c(c3)OCO4)no2)c2ccccc12. The van der Waals surface area contributed by atoms with Gasteiger partial charge in [0.1, 0.15) is 0 Å². The van der Waals surface area contributed by atoms with Gasteiger partial charge in [-0.3, -0.25) is 4.79 Å². The fraction of sp³-hybridized carbons (Fsp3) is 0.0588. The Kier molecular flexibility index (Phi) is 2.84. The molecule has 0 radical (unpaired) electrons. The van der Waals surface area contributed by atoms with Crippen molar-refractivity contribution < 1.29 is 14.0 Å². The molecule has 0 amide bonds. The molecule has 25 heavy (non-hydrogen) atoms. The van der Waals surface area contributed by atoms with Gasteiger partial charge < -0.3 is 14.0 Å². The molecule has 5 rings (SSSR count). The lowest BCUT2D eigenvalue weighted by atomic mass is 10.1. The highest BCUT2D eigenvalue weighted by Crippen LogP contribution is 2.35. The number of fused-ring (bicyclic) bond motifs is 2. The van der Waals surface area contributed by atoms with E-state index in [2.05, 4.69) is 20.3 Å². The smallest absolute Gasteiger partial charge is 0.279 e. The van der Waals surface area contributed by atoms with Gasteiger partial charge >= 0.3 is 0 Å². The molecule has 0 saturated heterocycles. The molecule has 0 atom stereocenters. The summed E-state index contributed by atoms with van der Waals surface area (Å²) < 4.78 is 16.0. The van der Waals surface area contributed by atoms with Crippen molar-refractivity contribution in [3.05, 3.63) is 52.8 Å². The molecule has 0 unspecified atom stereocenters. The minimum absolute atomic E-state index is 0.198. The lowest BCUT2D eigenvalue weighted by molar-refractivity contribution is 0.174. The Morgan fingerprint density at radius 2 is 1.84 bits per heavy atom. The van der Waals surface area contributed by atoms with Crippen molar-refractivity contribution in [2.24, 2.45) is 0 Å². The summed E-state index contributed by atoms with van der Waals surface area (Å²) in [6.07, 6.45) is 0. The van der Waals surface area contributed by atoms with Crippen molar-refractivity contribution in [3.8, 4) is 34.5 Å². The van der Waals surface area contributed by atoms with Gasteiger partial charge in [-0.25, -0.2) is 5.10 Å². The van der Waals surface area contributed by atoms with E-state index in [-0.39, 0.29) is 18.2 Å². The van der Waals surface area contributed by atoms with Gasteiger partial charge in [-0.15, -0.1) is 0 Å². The molecule has 0 aliphatic carbocycles. The summed E-state index contributed by atoms with van der Waals surface area (Å²) in [6, 6.07) is 12.5. The fourth-order valence-corrected chi connectivity index (χ4v) is 2.75. The van der Waals surface area contributed by atoms with Crippen LogP contribution in [0.1, 0.15) is 0 Å². The van der Waals surface area contributed by atoms with Crippen LogP contribution in [0.4, 0.5) is 0 Å². The Morgan fingerprint density at radius 3 is 2.76 bits per heavy atom. The lowest BCUT2D eigenvalue weighted by Crippen LogP contribution is -2.09. The van der Waals surface area contributed by atoms with Crippen LogP contribution in [0.25, 0.3) is 33.7 Å². The first kappa shape index (κ1) is 13.7. The Morgan fingerprint density at radius 1 is 1.00 bits per heavy atom. The van der Waals surface area contributed by atoms with Crippen molar-refractivity contribution in [3.63, 3.8) is 0 Å². The summed E-state index contributed by atoms with van der Waals surface area (Å²) >= 11 is 0. The van der Waals surface area contributed by atoms with Gasteiger partial charge in [-0.2, -0.15) is 10.1 Å². The Hall–Kier alpha value is -3.68. The fourth-order valence-electron chi connectivity index (χ4n) is 2.75. The number of hydrogen-bond donors (Lipinski definition) is 1. The third kappa shape index (κ3) is 2.15. The van der Waals surface area contributed by atoms with Crippen LogP contribution in [0.3, 0.4) is 0 Å². The molecule has 0 bridgehead atoms. The molecule has 1 aliphatic rings. The number of ether oxygens (including phenoxy) is 2. The van der Waals surface area contributed by atoms with Gasteiger partial charge in [0.05, 0.1) is 5.39 Å². The number of rotatable bonds is 2. The van der Waals surface area contributed by atoms with Crippen LogP contribution in [0, 0.1) is 0 Å². The van der Waals surface area contributed by atoms with Gasteiger partial charge in [-0.05, 0) is 24.3 Å². The predicted molar refractivity (Wildman–Crippen MR) is 87.2 cm³/mol. The van der Waals surface area contributed by atoms with E-state index < -0.39 is 0 Å². The number of aromatic amines is 1. The highest BCUT2D eigenvalue weighted by atomic mass is 16.7.